The Morgan fingerprint density at radius 1 is 1.17 bits per heavy atom. The summed E-state index contributed by atoms with van der Waals surface area (Å²) in [5.41, 5.74) is 2.30. The lowest BCUT2D eigenvalue weighted by Crippen LogP contribution is -2.28. The SMILES string of the molecule is CC.CCN(CCC(C)C)c1c(-c2c(F)cccc2Cl)c(Cl)nc2c(C)cnn12. The Morgan fingerprint density at radius 3 is 2.45 bits per heavy atom. The van der Waals surface area contributed by atoms with Crippen LogP contribution in [0.3, 0.4) is 0 Å². The third kappa shape index (κ3) is 4.84. The number of nitrogens with zero attached hydrogens (tertiary/aromatic N) is 4. The van der Waals surface area contributed by atoms with E-state index in [2.05, 4.69) is 35.8 Å². The number of hydrogen-bond acceptors (Lipinski definition) is 3. The molecule has 2 aromatic heterocycles. The molecular weight excluding hydrogens is 410 g/mol. The maximum Gasteiger partial charge on any atom is 0.161 e. The maximum absolute atomic E-state index is 14.8. The van der Waals surface area contributed by atoms with Crippen LogP contribution in [0.25, 0.3) is 16.8 Å². The Bertz CT molecular complexity index is 949. The van der Waals surface area contributed by atoms with Gasteiger partial charge in [0.05, 0.1) is 16.8 Å². The van der Waals surface area contributed by atoms with Crippen molar-refractivity contribution in [3.8, 4) is 11.1 Å². The van der Waals surface area contributed by atoms with Crippen LogP contribution in [0.4, 0.5) is 10.2 Å². The first-order chi connectivity index (χ1) is 13.8. The van der Waals surface area contributed by atoms with Crippen LogP contribution in [-0.2, 0) is 0 Å². The lowest BCUT2D eigenvalue weighted by Gasteiger charge is -2.27. The van der Waals surface area contributed by atoms with Gasteiger partial charge in [-0.1, -0.05) is 57.0 Å². The first-order valence-electron chi connectivity index (χ1n) is 10.1. The molecule has 0 bridgehead atoms. The molecular formula is C22H29Cl2FN4. The van der Waals surface area contributed by atoms with Gasteiger partial charge in [-0.3, -0.25) is 0 Å². The lowest BCUT2D eigenvalue weighted by atomic mass is 10.1. The second-order valence-electron chi connectivity index (χ2n) is 7.02. The Balaban J connectivity index is 0.00000145. The minimum atomic E-state index is -0.435. The van der Waals surface area contributed by atoms with Crippen LogP contribution in [0.2, 0.25) is 10.2 Å². The van der Waals surface area contributed by atoms with Crippen LogP contribution in [0.1, 0.15) is 46.6 Å². The molecule has 0 aliphatic heterocycles. The smallest absolute Gasteiger partial charge is 0.161 e. The highest BCUT2D eigenvalue weighted by Crippen LogP contribution is 2.41. The fourth-order valence-corrected chi connectivity index (χ4v) is 3.65. The Kier molecular flexibility index (Phi) is 8.29. The summed E-state index contributed by atoms with van der Waals surface area (Å²) in [5.74, 6) is 0.815. The molecule has 3 aromatic rings. The summed E-state index contributed by atoms with van der Waals surface area (Å²) in [6.07, 6.45) is 2.73. The summed E-state index contributed by atoms with van der Waals surface area (Å²) in [6, 6.07) is 4.61. The average molecular weight is 439 g/mol. The Labute approximate surface area is 182 Å². The molecule has 0 fully saturated rings. The summed E-state index contributed by atoms with van der Waals surface area (Å²) in [7, 11) is 0. The standard InChI is InChI=1S/C20H23Cl2FN4.C2H6/c1-5-26(10-9-12(2)3)20-17(16-14(21)7-6-8-15(16)23)18(22)25-19-13(4)11-24-27(19)20;1-2/h6-8,11-12H,5,9-10H2,1-4H3;1-2H3. The summed E-state index contributed by atoms with van der Waals surface area (Å²) < 4.78 is 16.5. The van der Waals surface area contributed by atoms with E-state index in [1.165, 1.54) is 6.07 Å². The van der Waals surface area contributed by atoms with Crippen LogP contribution in [0.15, 0.2) is 24.4 Å². The predicted octanol–water partition coefficient (Wildman–Crippen LogP) is 7.05. The van der Waals surface area contributed by atoms with E-state index in [9.17, 15) is 4.39 Å². The van der Waals surface area contributed by atoms with Crippen molar-refractivity contribution >= 4 is 34.7 Å². The molecule has 0 aliphatic carbocycles. The number of benzene rings is 1. The molecule has 2 heterocycles. The number of halogens is 3. The molecule has 0 N–H and O–H groups in total. The van der Waals surface area contributed by atoms with Crippen molar-refractivity contribution in [2.24, 2.45) is 5.92 Å². The molecule has 0 saturated heterocycles. The van der Waals surface area contributed by atoms with Crippen LogP contribution in [0, 0.1) is 18.7 Å². The van der Waals surface area contributed by atoms with E-state index in [0.717, 1.165) is 25.1 Å². The molecule has 0 saturated carbocycles. The third-order valence-corrected chi connectivity index (χ3v) is 5.21. The number of rotatable bonds is 6. The summed E-state index contributed by atoms with van der Waals surface area (Å²) in [4.78, 5) is 6.64. The van der Waals surface area contributed by atoms with E-state index in [1.54, 1.807) is 22.8 Å². The van der Waals surface area contributed by atoms with Crippen molar-refractivity contribution in [1.82, 2.24) is 14.6 Å². The number of aryl methyl sites for hydroxylation is 1. The fourth-order valence-electron chi connectivity index (χ4n) is 3.13. The second kappa shape index (κ2) is 10.3. The zero-order valence-corrected chi connectivity index (χ0v) is 19.4. The van der Waals surface area contributed by atoms with Gasteiger partial charge in [0, 0.05) is 24.2 Å². The molecule has 29 heavy (non-hydrogen) atoms. The quantitative estimate of drug-likeness (QED) is 0.386. The minimum absolute atomic E-state index is 0.219. The maximum atomic E-state index is 14.8. The zero-order valence-electron chi connectivity index (χ0n) is 17.9. The monoisotopic (exact) mass is 438 g/mol. The van der Waals surface area contributed by atoms with E-state index in [4.69, 9.17) is 23.2 Å². The van der Waals surface area contributed by atoms with Gasteiger partial charge < -0.3 is 4.90 Å². The summed E-state index contributed by atoms with van der Waals surface area (Å²) >= 11 is 12.9. The van der Waals surface area contributed by atoms with Gasteiger partial charge in [0.1, 0.15) is 16.8 Å². The van der Waals surface area contributed by atoms with Crippen molar-refractivity contribution in [1.29, 1.82) is 0 Å². The van der Waals surface area contributed by atoms with Crippen molar-refractivity contribution < 1.29 is 4.39 Å². The predicted molar refractivity (Wildman–Crippen MR) is 122 cm³/mol. The third-order valence-electron chi connectivity index (χ3n) is 4.63. The highest BCUT2D eigenvalue weighted by Gasteiger charge is 2.25. The highest BCUT2D eigenvalue weighted by atomic mass is 35.5. The van der Waals surface area contributed by atoms with E-state index >= 15 is 0 Å². The fraction of sp³-hybridized carbons (Fsp3) is 0.455. The molecule has 0 radical (unpaired) electrons. The van der Waals surface area contributed by atoms with E-state index in [1.807, 2.05) is 20.8 Å². The Morgan fingerprint density at radius 2 is 1.86 bits per heavy atom. The Hall–Kier alpha value is -1.85. The number of aromatic nitrogens is 3. The van der Waals surface area contributed by atoms with Gasteiger partial charge in [0.15, 0.2) is 5.65 Å². The zero-order chi connectivity index (χ0) is 21.7. The van der Waals surface area contributed by atoms with Gasteiger partial charge in [-0.05, 0) is 38.3 Å². The van der Waals surface area contributed by atoms with Crippen LogP contribution >= 0.6 is 23.2 Å². The van der Waals surface area contributed by atoms with Crippen LogP contribution in [0.5, 0.6) is 0 Å². The molecule has 0 spiro atoms. The van der Waals surface area contributed by atoms with Gasteiger partial charge in [-0.15, -0.1) is 0 Å². The molecule has 3 rings (SSSR count). The van der Waals surface area contributed by atoms with Crippen LogP contribution < -0.4 is 4.90 Å². The first kappa shape index (κ1) is 23.4. The lowest BCUT2D eigenvalue weighted by molar-refractivity contribution is 0.572. The van der Waals surface area contributed by atoms with Crippen LogP contribution in [-0.4, -0.2) is 27.7 Å². The average Bonchev–Trinajstić information content (AvgIpc) is 3.05. The van der Waals surface area contributed by atoms with Gasteiger partial charge in [-0.2, -0.15) is 9.61 Å². The summed E-state index contributed by atoms with van der Waals surface area (Å²) in [5, 5.41) is 5.00. The van der Waals surface area contributed by atoms with Crippen molar-refractivity contribution in [2.75, 3.05) is 18.0 Å². The molecule has 1 aromatic carbocycles. The van der Waals surface area contributed by atoms with E-state index in [-0.39, 0.29) is 10.7 Å². The van der Waals surface area contributed by atoms with Gasteiger partial charge in [0.25, 0.3) is 0 Å². The van der Waals surface area contributed by atoms with Gasteiger partial charge in [-0.25, -0.2) is 9.37 Å². The largest absolute Gasteiger partial charge is 0.356 e. The van der Waals surface area contributed by atoms with E-state index in [0.29, 0.717) is 28.0 Å². The normalized spacial score (nSPS) is 11.0. The second-order valence-corrected chi connectivity index (χ2v) is 7.79. The minimum Gasteiger partial charge on any atom is -0.356 e. The number of fused-ring (bicyclic) bond motifs is 1. The molecule has 4 nitrogen and oxygen atoms in total. The topological polar surface area (TPSA) is 33.4 Å². The number of hydrogen-bond donors (Lipinski definition) is 0. The summed E-state index contributed by atoms with van der Waals surface area (Å²) in [6.45, 7) is 13.9. The van der Waals surface area contributed by atoms with Crippen molar-refractivity contribution in [3.05, 3.63) is 46.0 Å². The highest BCUT2D eigenvalue weighted by molar-refractivity contribution is 6.36. The molecule has 0 amide bonds. The van der Waals surface area contributed by atoms with Crippen molar-refractivity contribution in [3.63, 3.8) is 0 Å². The van der Waals surface area contributed by atoms with E-state index < -0.39 is 5.82 Å². The molecule has 0 aliphatic rings. The van der Waals surface area contributed by atoms with Gasteiger partial charge in [0.2, 0.25) is 0 Å². The van der Waals surface area contributed by atoms with Gasteiger partial charge >= 0.3 is 0 Å². The molecule has 0 unspecified atom stereocenters. The number of anilines is 1. The molecule has 7 heteroatoms. The molecule has 158 valence electrons. The van der Waals surface area contributed by atoms with Crippen molar-refractivity contribution in [2.45, 2.75) is 48.0 Å². The first-order valence-corrected chi connectivity index (χ1v) is 10.8. The molecule has 0 atom stereocenters.